The zero-order valence-corrected chi connectivity index (χ0v) is 7.83. The van der Waals surface area contributed by atoms with Gasteiger partial charge in [-0.15, -0.1) is 0 Å². The second-order valence-corrected chi connectivity index (χ2v) is 3.14. The Labute approximate surface area is 79.3 Å². The Hall–Kier alpha value is -1.33. The fourth-order valence-corrected chi connectivity index (χ4v) is 0.801. The van der Waals surface area contributed by atoms with Gasteiger partial charge in [-0.2, -0.15) is 4.98 Å². The predicted octanol–water partition coefficient (Wildman–Crippen LogP) is 1.57. The highest BCUT2D eigenvalue weighted by Crippen LogP contribution is 2.10. The van der Waals surface area contributed by atoms with Crippen LogP contribution in [-0.4, -0.2) is 22.3 Å². The summed E-state index contributed by atoms with van der Waals surface area (Å²) in [5.41, 5.74) is 0. The minimum atomic E-state index is -2.98. The zero-order chi connectivity index (χ0) is 10.7. The smallest absolute Gasteiger partial charge is 0.296 e. The minimum absolute atomic E-state index is 0.0501. The van der Waals surface area contributed by atoms with Crippen molar-refractivity contribution in [1.82, 2.24) is 10.1 Å². The highest BCUT2D eigenvalue weighted by Gasteiger charge is 2.19. The molecule has 0 aliphatic carbocycles. The van der Waals surface area contributed by atoms with Crippen molar-refractivity contribution in [2.24, 2.45) is 0 Å². The molecule has 0 fully saturated rings. The summed E-state index contributed by atoms with van der Waals surface area (Å²) < 4.78 is 28.3. The number of aromatic nitrogens is 2. The molecular weight excluding hydrogens is 194 g/mol. The number of rotatable bonds is 4. The molecule has 4 nitrogen and oxygen atoms in total. The molecule has 0 aromatic carbocycles. The quantitative estimate of drug-likeness (QED) is 0.746. The molecule has 0 saturated carbocycles. The molecular formula is C8H10F2N2O2. The van der Waals surface area contributed by atoms with E-state index in [0.29, 0.717) is 5.82 Å². The van der Waals surface area contributed by atoms with Crippen LogP contribution < -0.4 is 0 Å². The molecule has 1 heterocycles. The maximum atomic E-state index is 11.8. The first-order valence-electron chi connectivity index (χ1n) is 4.14. The van der Waals surface area contributed by atoms with Gasteiger partial charge < -0.3 is 4.52 Å². The molecule has 0 radical (unpaired) electrons. The summed E-state index contributed by atoms with van der Waals surface area (Å²) >= 11 is 0. The van der Waals surface area contributed by atoms with Crippen LogP contribution in [-0.2, 0) is 11.2 Å². The van der Waals surface area contributed by atoms with E-state index < -0.39 is 18.6 Å². The van der Waals surface area contributed by atoms with E-state index in [2.05, 4.69) is 14.7 Å². The van der Waals surface area contributed by atoms with E-state index in [1.807, 2.05) is 13.8 Å². The van der Waals surface area contributed by atoms with E-state index in [-0.39, 0.29) is 11.8 Å². The van der Waals surface area contributed by atoms with E-state index in [9.17, 15) is 13.6 Å². The summed E-state index contributed by atoms with van der Waals surface area (Å²) in [6, 6.07) is 0. The van der Waals surface area contributed by atoms with E-state index in [1.54, 1.807) is 0 Å². The van der Waals surface area contributed by atoms with Crippen molar-refractivity contribution in [3.05, 3.63) is 11.7 Å². The number of nitrogens with zero attached hydrogens (tertiary/aromatic N) is 2. The van der Waals surface area contributed by atoms with E-state index >= 15 is 0 Å². The third kappa shape index (κ3) is 2.58. The first kappa shape index (κ1) is 10.7. The average molecular weight is 204 g/mol. The lowest BCUT2D eigenvalue weighted by Gasteiger charge is -1.93. The van der Waals surface area contributed by atoms with Crippen LogP contribution in [0.4, 0.5) is 8.78 Å². The number of halogens is 2. The first-order chi connectivity index (χ1) is 6.50. The van der Waals surface area contributed by atoms with Crippen molar-refractivity contribution < 1.29 is 18.1 Å². The van der Waals surface area contributed by atoms with Crippen LogP contribution in [0, 0.1) is 0 Å². The second kappa shape index (κ2) is 4.26. The Balaban J connectivity index is 2.64. The third-order valence-electron chi connectivity index (χ3n) is 1.57. The summed E-state index contributed by atoms with van der Waals surface area (Å²) in [7, 11) is 0. The number of alkyl halides is 2. The van der Waals surface area contributed by atoms with Crippen molar-refractivity contribution in [2.45, 2.75) is 32.6 Å². The van der Waals surface area contributed by atoms with Crippen LogP contribution in [0.1, 0.15) is 31.5 Å². The second-order valence-electron chi connectivity index (χ2n) is 3.14. The molecule has 0 amide bonds. The molecule has 14 heavy (non-hydrogen) atoms. The van der Waals surface area contributed by atoms with Gasteiger partial charge in [-0.3, -0.25) is 4.79 Å². The fraction of sp³-hybridized carbons (Fsp3) is 0.625. The Bertz CT molecular complexity index is 323. The van der Waals surface area contributed by atoms with Gasteiger partial charge in [-0.25, -0.2) is 8.78 Å². The Morgan fingerprint density at radius 3 is 2.57 bits per heavy atom. The lowest BCUT2D eigenvalue weighted by atomic mass is 10.2. The molecule has 0 aliphatic heterocycles. The lowest BCUT2D eigenvalue weighted by molar-refractivity contribution is -0.129. The SMILES string of the molecule is CC(C)c1noc(CC(=O)C(F)F)n1. The van der Waals surface area contributed by atoms with Crippen molar-refractivity contribution in [3.63, 3.8) is 0 Å². The Kier molecular flexibility index (Phi) is 3.27. The van der Waals surface area contributed by atoms with Gasteiger partial charge in [0.15, 0.2) is 5.82 Å². The van der Waals surface area contributed by atoms with Crippen LogP contribution in [0.2, 0.25) is 0 Å². The number of carbonyl (C=O) groups excluding carboxylic acids is 1. The monoisotopic (exact) mass is 204 g/mol. The first-order valence-corrected chi connectivity index (χ1v) is 4.14. The van der Waals surface area contributed by atoms with Crippen molar-refractivity contribution in [1.29, 1.82) is 0 Å². The molecule has 0 N–H and O–H groups in total. The topological polar surface area (TPSA) is 56.0 Å². The minimum Gasteiger partial charge on any atom is -0.339 e. The molecule has 0 spiro atoms. The summed E-state index contributed by atoms with van der Waals surface area (Å²) in [6.07, 6.45) is -3.48. The molecule has 0 atom stereocenters. The summed E-state index contributed by atoms with van der Waals surface area (Å²) in [4.78, 5) is 14.4. The van der Waals surface area contributed by atoms with Crippen LogP contribution in [0.25, 0.3) is 0 Å². The highest BCUT2D eigenvalue weighted by molar-refractivity contribution is 5.82. The highest BCUT2D eigenvalue weighted by atomic mass is 19.3. The third-order valence-corrected chi connectivity index (χ3v) is 1.57. The van der Waals surface area contributed by atoms with Gasteiger partial charge >= 0.3 is 0 Å². The zero-order valence-electron chi connectivity index (χ0n) is 7.83. The number of Topliss-reactive ketones (excluding diaryl/α,β-unsaturated/α-hetero) is 1. The fourth-order valence-electron chi connectivity index (χ4n) is 0.801. The van der Waals surface area contributed by atoms with Gasteiger partial charge in [0.2, 0.25) is 11.7 Å². The molecule has 78 valence electrons. The van der Waals surface area contributed by atoms with Crippen LogP contribution >= 0.6 is 0 Å². The van der Waals surface area contributed by atoms with Gasteiger partial charge in [0.05, 0.1) is 6.42 Å². The number of carbonyl (C=O) groups is 1. The molecule has 6 heteroatoms. The van der Waals surface area contributed by atoms with Crippen LogP contribution in [0.15, 0.2) is 4.52 Å². The van der Waals surface area contributed by atoms with E-state index in [4.69, 9.17) is 0 Å². The summed E-state index contributed by atoms with van der Waals surface area (Å²) in [5, 5.41) is 3.54. The van der Waals surface area contributed by atoms with Crippen LogP contribution in [0.5, 0.6) is 0 Å². The number of hydrogen-bond acceptors (Lipinski definition) is 4. The largest absolute Gasteiger partial charge is 0.339 e. The molecule has 1 aromatic heterocycles. The molecule has 0 unspecified atom stereocenters. The standard InChI is InChI=1S/C8H10F2N2O2/c1-4(2)8-11-6(14-12-8)3-5(13)7(9)10/h4,7H,3H2,1-2H3. The maximum Gasteiger partial charge on any atom is 0.296 e. The molecule has 0 aliphatic rings. The molecule has 0 saturated heterocycles. The van der Waals surface area contributed by atoms with E-state index in [0.717, 1.165) is 0 Å². The van der Waals surface area contributed by atoms with Gasteiger partial charge in [-0.1, -0.05) is 19.0 Å². The number of ketones is 1. The average Bonchev–Trinajstić information content (AvgIpc) is 2.52. The van der Waals surface area contributed by atoms with Gasteiger partial charge in [-0.05, 0) is 0 Å². The molecule has 0 bridgehead atoms. The normalized spacial score (nSPS) is 11.3. The number of hydrogen-bond donors (Lipinski definition) is 0. The predicted molar refractivity (Wildman–Crippen MR) is 43.1 cm³/mol. The summed E-state index contributed by atoms with van der Waals surface area (Å²) in [5.74, 6) is -0.792. The van der Waals surface area contributed by atoms with Crippen molar-refractivity contribution in [3.8, 4) is 0 Å². The molecule has 1 rings (SSSR count). The van der Waals surface area contributed by atoms with Crippen molar-refractivity contribution >= 4 is 5.78 Å². The maximum absolute atomic E-state index is 11.8. The Morgan fingerprint density at radius 2 is 2.14 bits per heavy atom. The molecule has 1 aromatic rings. The Morgan fingerprint density at radius 1 is 1.50 bits per heavy atom. The van der Waals surface area contributed by atoms with E-state index in [1.165, 1.54) is 0 Å². The van der Waals surface area contributed by atoms with Gasteiger partial charge in [0, 0.05) is 5.92 Å². The van der Waals surface area contributed by atoms with Crippen molar-refractivity contribution in [2.75, 3.05) is 0 Å². The van der Waals surface area contributed by atoms with Gasteiger partial charge in [0.25, 0.3) is 6.43 Å². The van der Waals surface area contributed by atoms with Crippen LogP contribution in [0.3, 0.4) is 0 Å². The summed E-state index contributed by atoms with van der Waals surface area (Å²) in [6.45, 7) is 3.67. The lowest BCUT2D eigenvalue weighted by Crippen LogP contribution is -2.13. The van der Waals surface area contributed by atoms with Gasteiger partial charge in [0.1, 0.15) is 0 Å².